The predicted octanol–water partition coefficient (Wildman–Crippen LogP) is 5.01. The smallest absolute Gasteiger partial charge is 0.309 e. The number of carboxylic acid groups (broad SMARTS) is 1. The summed E-state index contributed by atoms with van der Waals surface area (Å²) in [4.78, 5) is 74.3. The molecule has 0 saturated heterocycles. The molecule has 0 saturated carbocycles. The van der Waals surface area contributed by atoms with Crippen LogP contribution in [0.3, 0.4) is 0 Å². The fraction of sp³-hybridized carbons (Fsp3) is 0.375. The van der Waals surface area contributed by atoms with Gasteiger partial charge >= 0.3 is 5.97 Å². The number of allylic oxidation sites excluding steroid dienone is 8. The van der Waals surface area contributed by atoms with Crippen molar-refractivity contribution in [2.45, 2.75) is 71.8 Å². The van der Waals surface area contributed by atoms with Gasteiger partial charge in [0.15, 0.2) is 23.1 Å². The van der Waals surface area contributed by atoms with Crippen LogP contribution in [-0.4, -0.2) is 46.3 Å². The van der Waals surface area contributed by atoms with E-state index in [1.165, 1.54) is 24.3 Å². The van der Waals surface area contributed by atoms with Crippen molar-refractivity contribution >= 4 is 46.7 Å². The highest BCUT2D eigenvalue weighted by molar-refractivity contribution is 6.40. The highest BCUT2D eigenvalue weighted by Crippen LogP contribution is 2.35. The maximum atomic E-state index is 13.5. The standard InChI is InChI=1S/C32H34O8/c1-31(2,30(38)39)13-7-9-20-15-22(34)17-26(28(20)36)24-11-5-6-12-25(24)27-18-23(35)16-21(29(27)37)10-8-14-32(3,4)40-19-33/h5-6,11-12,15-19H,7-10,13-14H2,1-4H3,(H,38,39). The first-order chi connectivity index (χ1) is 18.8. The number of ether oxygens (including phenoxy) is 1. The molecule has 0 aliphatic heterocycles. The molecular formula is C32H34O8. The summed E-state index contributed by atoms with van der Waals surface area (Å²) in [6.45, 7) is 7.12. The van der Waals surface area contributed by atoms with Crippen molar-refractivity contribution < 1.29 is 38.6 Å². The summed E-state index contributed by atoms with van der Waals surface area (Å²) in [7, 11) is 0. The second-order valence-corrected chi connectivity index (χ2v) is 11.3. The minimum Gasteiger partial charge on any atom is -0.481 e. The Hall–Kier alpha value is -4.20. The van der Waals surface area contributed by atoms with E-state index in [-0.39, 0.29) is 46.3 Å². The number of Topliss-reactive ketones (excluding diaryl/α,β-unsaturated/α-hetero) is 2. The van der Waals surface area contributed by atoms with Crippen molar-refractivity contribution in [3.63, 3.8) is 0 Å². The molecule has 0 bridgehead atoms. The summed E-state index contributed by atoms with van der Waals surface area (Å²) in [5, 5.41) is 9.36. The molecule has 2 aliphatic carbocycles. The van der Waals surface area contributed by atoms with Gasteiger partial charge in [0.1, 0.15) is 5.60 Å². The van der Waals surface area contributed by atoms with Crippen molar-refractivity contribution in [3.05, 3.63) is 70.8 Å². The molecule has 3 rings (SSSR count). The Balaban J connectivity index is 1.83. The summed E-state index contributed by atoms with van der Waals surface area (Å²) in [6.07, 6.45) is 7.30. The van der Waals surface area contributed by atoms with E-state index in [4.69, 9.17) is 4.74 Å². The van der Waals surface area contributed by atoms with Crippen LogP contribution in [0, 0.1) is 5.41 Å². The third kappa shape index (κ3) is 7.25. The van der Waals surface area contributed by atoms with E-state index in [1.54, 1.807) is 52.0 Å². The lowest BCUT2D eigenvalue weighted by molar-refractivity contribution is -0.147. The van der Waals surface area contributed by atoms with Crippen LogP contribution in [0.15, 0.2) is 59.7 Å². The van der Waals surface area contributed by atoms with E-state index < -0.39 is 17.0 Å². The molecule has 2 aliphatic rings. The number of hydrogen-bond acceptors (Lipinski definition) is 7. The quantitative estimate of drug-likeness (QED) is 0.270. The second-order valence-electron chi connectivity index (χ2n) is 11.3. The number of carbonyl (C=O) groups is 6. The number of hydrogen-bond donors (Lipinski definition) is 1. The van der Waals surface area contributed by atoms with Crippen molar-refractivity contribution in [1.82, 2.24) is 0 Å². The zero-order chi connectivity index (χ0) is 29.7. The molecule has 1 aromatic carbocycles. The number of carbonyl (C=O) groups excluding carboxylic acids is 5. The van der Waals surface area contributed by atoms with Crippen LogP contribution in [0.4, 0.5) is 0 Å². The lowest BCUT2D eigenvalue weighted by Crippen LogP contribution is -2.24. The highest BCUT2D eigenvalue weighted by Gasteiger charge is 2.31. The van der Waals surface area contributed by atoms with Crippen LogP contribution in [0.1, 0.15) is 77.3 Å². The summed E-state index contributed by atoms with van der Waals surface area (Å²) in [6, 6.07) is 6.66. The molecule has 8 nitrogen and oxygen atoms in total. The van der Waals surface area contributed by atoms with E-state index in [2.05, 4.69) is 0 Å². The van der Waals surface area contributed by atoms with Gasteiger partial charge in [-0.15, -0.1) is 0 Å². The van der Waals surface area contributed by atoms with E-state index in [9.17, 15) is 33.9 Å². The molecule has 0 amide bonds. The van der Waals surface area contributed by atoms with E-state index in [0.29, 0.717) is 55.3 Å². The molecule has 210 valence electrons. The summed E-state index contributed by atoms with van der Waals surface area (Å²) < 4.78 is 5.06. The van der Waals surface area contributed by atoms with Crippen LogP contribution in [0.25, 0.3) is 11.1 Å². The fourth-order valence-electron chi connectivity index (χ4n) is 4.77. The molecule has 0 radical (unpaired) electrons. The zero-order valence-electron chi connectivity index (χ0n) is 23.2. The Morgan fingerprint density at radius 2 is 1.23 bits per heavy atom. The van der Waals surface area contributed by atoms with Gasteiger partial charge in [-0.05, 0) is 102 Å². The Labute approximate surface area is 233 Å². The van der Waals surface area contributed by atoms with Crippen LogP contribution in [0.2, 0.25) is 0 Å². The maximum absolute atomic E-state index is 13.5. The van der Waals surface area contributed by atoms with Gasteiger partial charge in [-0.25, -0.2) is 0 Å². The normalized spacial score (nSPS) is 16.2. The largest absolute Gasteiger partial charge is 0.481 e. The second kappa shape index (κ2) is 12.3. The number of aliphatic carboxylic acids is 1. The minimum atomic E-state index is -0.962. The average molecular weight is 547 g/mol. The van der Waals surface area contributed by atoms with E-state index >= 15 is 0 Å². The number of rotatable bonds is 13. The summed E-state index contributed by atoms with van der Waals surface area (Å²) in [5.74, 6) is -2.39. The van der Waals surface area contributed by atoms with Crippen LogP contribution in [-0.2, 0) is 33.5 Å². The zero-order valence-corrected chi connectivity index (χ0v) is 23.2. The molecule has 0 spiro atoms. The molecular weight excluding hydrogens is 512 g/mol. The lowest BCUT2D eigenvalue weighted by atomic mass is 9.81. The molecule has 0 unspecified atom stereocenters. The van der Waals surface area contributed by atoms with Crippen LogP contribution < -0.4 is 0 Å². The molecule has 0 heterocycles. The predicted molar refractivity (Wildman–Crippen MR) is 149 cm³/mol. The van der Waals surface area contributed by atoms with E-state index in [1.807, 2.05) is 0 Å². The number of ketones is 4. The van der Waals surface area contributed by atoms with Crippen molar-refractivity contribution in [2.75, 3.05) is 0 Å². The molecule has 0 fully saturated rings. The van der Waals surface area contributed by atoms with E-state index in [0.717, 1.165) is 0 Å². The fourth-order valence-corrected chi connectivity index (χ4v) is 4.77. The number of benzene rings is 1. The SMILES string of the molecule is CC(C)(CCCC1=CC(=O)C=C(c2ccccc2C2=CC(=O)C=C(CCCC(C)(C)C(=O)O)C2=O)C1=O)OC=O. The van der Waals surface area contributed by atoms with Gasteiger partial charge in [-0.2, -0.15) is 0 Å². The van der Waals surface area contributed by atoms with Gasteiger partial charge in [0.05, 0.1) is 5.41 Å². The summed E-state index contributed by atoms with van der Waals surface area (Å²) >= 11 is 0. The minimum absolute atomic E-state index is 0.126. The molecule has 40 heavy (non-hydrogen) atoms. The third-order valence-electron chi connectivity index (χ3n) is 7.21. The Bertz CT molecular complexity index is 1380. The molecule has 0 atom stereocenters. The van der Waals surface area contributed by atoms with Gasteiger partial charge in [-0.1, -0.05) is 24.3 Å². The van der Waals surface area contributed by atoms with Gasteiger partial charge < -0.3 is 9.84 Å². The monoisotopic (exact) mass is 546 g/mol. The topological polar surface area (TPSA) is 132 Å². The summed E-state index contributed by atoms with van der Waals surface area (Å²) in [5.41, 5.74) is -0.0633. The van der Waals surface area contributed by atoms with Gasteiger partial charge in [-0.3, -0.25) is 28.8 Å². The van der Waals surface area contributed by atoms with Gasteiger partial charge in [0.2, 0.25) is 0 Å². The number of carboxylic acids is 1. The first-order valence-electron chi connectivity index (χ1n) is 13.2. The van der Waals surface area contributed by atoms with Gasteiger partial charge in [0, 0.05) is 22.3 Å². The average Bonchev–Trinajstić information content (AvgIpc) is 2.87. The molecule has 8 heteroatoms. The molecule has 1 aromatic rings. The van der Waals surface area contributed by atoms with Crippen LogP contribution >= 0.6 is 0 Å². The van der Waals surface area contributed by atoms with Crippen molar-refractivity contribution in [3.8, 4) is 0 Å². The third-order valence-corrected chi connectivity index (χ3v) is 7.21. The van der Waals surface area contributed by atoms with Crippen molar-refractivity contribution in [1.29, 1.82) is 0 Å². The van der Waals surface area contributed by atoms with Crippen LogP contribution in [0.5, 0.6) is 0 Å². The molecule has 1 N–H and O–H groups in total. The van der Waals surface area contributed by atoms with Crippen molar-refractivity contribution in [2.24, 2.45) is 5.41 Å². The maximum Gasteiger partial charge on any atom is 0.309 e. The first-order valence-corrected chi connectivity index (χ1v) is 13.2. The Kier molecular flexibility index (Phi) is 9.35. The first kappa shape index (κ1) is 30.3. The Morgan fingerprint density at radius 3 is 1.65 bits per heavy atom. The van der Waals surface area contributed by atoms with Gasteiger partial charge in [0.25, 0.3) is 6.47 Å². The molecule has 0 aromatic heterocycles. The lowest BCUT2D eigenvalue weighted by Gasteiger charge is -2.23. The highest BCUT2D eigenvalue weighted by atomic mass is 16.5. The Morgan fingerprint density at radius 1 is 0.775 bits per heavy atom.